The molecule has 17 heavy (non-hydrogen) atoms. The van der Waals surface area contributed by atoms with E-state index in [2.05, 4.69) is 16.0 Å². The Bertz CT molecular complexity index is 560. The van der Waals surface area contributed by atoms with Crippen LogP contribution in [0.3, 0.4) is 0 Å². The fraction of sp³-hybridized carbons (Fsp3) is 0.571. The van der Waals surface area contributed by atoms with E-state index in [1.807, 2.05) is 13.0 Å². The molecule has 2 unspecified atom stereocenters. The van der Waals surface area contributed by atoms with Gasteiger partial charge >= 0.3 is 0 Å². The lowest BCUT2D eigenvalue weighted by molar-refractivity contribution is 0.480. The van der Waals surface area contributed by atoms with Crippen molar-refractivity contribution in [1.29, 1.82) is 0 Å². The third-order valence-electron chi connectivity index (χ3n) is 4.48. The first-order chi connectivity index (χ1) is 8.33. The van der Waals surface area contributed by atoms with E-state index in [4.69, 9.17) is 4.98 Å². The molecule has 2 atom stereocenters. The molecule has 0 aliphatic heterocycles. The number of pyridine rings is 1. The molecular formula is C14H17N3. The quantitative estimate of drug-likeness (QED) is 0.813. The molecule has 3 nitrogen and oxygen atoms in total. The molecule has 2 aliphatic carbocycles. The first-order valence-corrected chi connectivity index (χ1v) is 6.66. The number of H-pyrrole nitrogens is 1. The number of nitrogens with one attached hydrogen (secondary N) is 1. The Balaban J connectivity index is 1.72. The maximum Gasteiger partial charge on any atom is 0.177 e. The zero-order valence-corrected chi connectivity index (χ0v) is 10.1. The molecule has 0 amide bonds. The third kappa shape index (κ3) is 1.41. The van der Waals surface area contributed by atoms with Gasteiger partial charge in [0.05, 0.1) is 5.52 Å². The van der Waals surface area contributed by atoms with E-state index in [1.165, 1.54) is 31.5 Å². The van der Waals surface area contributed by atoms with E-state index < -0.39 is 0 Å². The standard InChI is InChI=1S/C14H17N3/c1-8-6-7-11-13(15-8)17-14(16-11)12-9-4-2-3-5-10(9)12/h6-7,9-10,12H,2-5H2,1H3,(H,15,16,17). The number of aromatic amines is 1. The summed E-state index contributed by atoms with van der Waals surface area (Å²) in [5.74, 6) is 3.71. The van der Waals surface area contributed by atoms with Crippen molar-refractivity contribution in [2.45, 2.75) is 38.5 Å². The monoisotopic (exact) mass is 227 g/mol. The molecule has 2 aliphatic rings. The summed E-state index contributed by atoms with van der Waals surface area (Å²) in [5.41, 5.74) is 3.03. The van der Waals surface area contributed by atoms with Gasteiger partial charge in [0.2, 0.25) is 0 Å². The van der Waals surface area contributed by atoms with E-state index in [1.54, 1.807) is 0 Å². The molecule has 0 aromatic carbocycles. The number of rotatable bonds is 1. The number of imidazole rings is 1. The smallest absolute Gasteiger partial charge is 0.177 e. The van der Waals surface area contributed by atoms with Crippen molar-refractivity contribution in [3.63, 3.8) is 0 Å². The largest absolute Gasteiger partial charge is 0.340 e. The van der Waals surface area contributed by atoms with Crippen molar-refractivity contribution in [2.24, 2.45) is 11.8 Å². The van der Waals surface area contributed by atoms with Gasteiger partial charge in [-0.3, -0.25) is 0 Å². The van der Waals surface area contributed by atoms with Gasteiger partial charge in [0, 0.05) is 11.6 Å². The molecule has 2 aromatic heterocycles. The number of aryl methyl sites for hydroxylation is 1. The highest BCUT2D eigenvalue weighted by atomic mass is 15.0. The van der Waals surface area contributed by atoms with Gasteiger partial charge in [-0.15, -0.1) is 0 Å². The van der Waals surface area contributed by atoms with Crippen LogP contribution in [0.5, 0.6) is 0 Å². The van der Waals surface area contributed by atoms with Crippen molar-refractivity contribution in [1.82, 2.24) is 15.0 Å². The average molecular weight is 227 g/mol. The predicted octanol–water partition coefficient (Wildman–Crippen LogP) is 3.17. The van der Waals surface area contributed by atoms with Crippen LogP contribution in [0, 0.1) is 18.8 Å². The summed E-state index contributed by atoms with van der Waals surface area (Å²) in [5, 5.41) is 0. The second-order valence-electron chi connectivity index (χ2n) is 5.58. The molecule has 0 bridgehead atoms. The minimum atomic E-state index is 0.701. The second-order valence-corrected chi connectivity index (χ2v) is 5.58. The topological polar surface area (TPSA) is 41.6 Å². The summed E-state index contributed by atoms with van der Waals surface area (Å²) in [6.07, 6.45) is 5.63. The van der Waals surface area contributed by atoms with E-state index in [-0.39, 0.29) is 0 Å². The molecule has 2 aromatic rings. The molecule has 4 rings (SSSR count). The van der Waals surface area contributed by atoms with Crippen LogP contribution in [-0.4, -0.2) is 15.0 Å². The molecule has 2 heterocycles. The summed E-state index contributed by atoms with van der Waals surface area (Å²) in [7, 11) is 0. The van der Waals surface area contributed by atoms with Gasteiger partial charge in [0.1, 0.15) is 5.82 Å². The van der Waals surface area contributed by atoms with Crippen LogP contribution in [0.2, 0.25) is 0 Å². The summed E-state index contributed by atoms with van der Waals surface area (Å²) >= 11 is 0. The number of hydrogen-bond acceptors (Lipinski definition) is 2. The van der Waals surface area contributed by atoms with Gasteiger partial charge < -0.3 is 4.98 Å². The van der Waals surface area contributed by atoms with Gasteiger partial charge in [-0.25, -0.2) is 9.97 Å². The summed E-state index contributed by atoms with van der Waals surface area (Å²) in [6, 6.07) is 4.14. The highest BCUT2D eigenvalue weighted by molar-refractivity contribution is 5.70. The van der Waals surface area contributed by atoms with E-state index in [0.717, 1.165) is 28.7 Å². The van der Waals surface area contributed by atoms with Crippen molar-refractivity contribution >= 4 is 11.2 Å². The zero-order valence-electron chi connectivity index (χ0n) is 10.1. The molecule has 0 spiro atoms. The molecule has 0 radical (unpaired) electrons. The van der Waals surface area contributed by atoms with Crippen LogP contribution in [0.1, 0.15) is 43.1 Å². The third-order valence-corrected chi connectivity index (χ3v) is 4.48. The summed E-state index contributed by atoms with van der Waals surface area (Å²) < 4.78 is 0. The predicted molar refractivity (Wildman–Crippen MR) is 66.8 cm³/mol. The van der Waals surface area contributed by atoms with E-state index in [9.17, 15) is 0 Å². The Morgan fingerprint density at radius 3 is 2.65 bits per heavy atom. The average Bonchev–Trinajstić information content (AvgIpc) is 2.93. The van der Waals surface area contributed by atoms with Crippen LogP contribution in [0.25, 0.3) is 11.2 Å². The van der Waals surface area contributed by atoms with Crippen LogP contribution in [0.4, 0.5) is 0 Å². The fourth-order valence-corrected chi connectivity index (χ4v) is 3.56. The van der Waals surface area contributed by atoms with Crippen molar-refractivity contribution < 1.29 is 0 Å². The minimum absolute atomic E-state index is 0.701. The van der Waals surface area contributed by atoms with E-state index >= 15 is 0 Å². The lowest BCUT2D eigenvalue weighted by Crippen LogP contribution is -1.91. The van der Waals surface area contributed by atoms with Crippen LogP contribution in [-0.2, 0) is 0 Å². The Morgan fingerprint density at radius 1 is 1.12 bits per heavy atom. The molecule has 1 N–H and O–H groups in total. The maximum absolute atomic E-state index is 4.69. The lowest BCUT2D eigenvalue weighted by Gasteiger charge is -2.04. The van der Waals surface area contributed by atoms with Crippen molar-refractivity contribution in [3.05, 3.63) is 23.7 Å². The van der Waals surface area contributed by atoms with Crippen LogP contribution < -0.4 is 0 Å². The first kappa shape index (κ1) is 9.63. The first-order valence-electron chi connectivity index (χ1n) is 6.66. The normalized spacial score (nSPS) is 31.5. The fourth-order valence-electron chi connectivity index (χ4n) is 3.56. The summed E-state index contributed by atoms with van der Waals surface area (Å²) in [6.45, 7) is 2.02. The Hall–Kier alpha value is -1.38. The van der Waals surface area contributed by atoms with Gasteiger partial charge in [-0.05, 0) is 43.7 Å². The molecule has 2 saturated carbocycles. The lowest BCUT2D eigenvalue weighted by atomic mass is 10.0. The number of aromatic nitrogens is 3. The van der Waals surface area contributed by atoms with Gasteiger partial charge in [-0.2, -0.15) is 0 Å². The highest BCUT2D eigenvalue weighted by Crippen LogP contribution is 2.60. The van der Waals surface area contributed by atoms with Crippen molar-refractivity contribution in [2.75, 3.05) is 0 Å². The zero-order chi connectivity index (χ0) is 11.4. The molecule has 0 saturated heterocycles. The Labute approximate surface area is 101 Å². The number of fused-ring (bicyclic) bond motifs is 2. The van der Waals surface area contributed by atoms with Gasteiger partial charge in [0.25, 0.3) is 0 Å². The maximum atomic E-state index is 4.69. The van der Waals surface area contributed by atoms with Gasteiger partial charge in [-0.1, -0.05) is 12.8 Å². The molecule has 88 valence electrons. The summed E-state index contributed by atoms with van der Waals surface area (Å²) in [4.78, 5) is 12.6. The number of nitrogens with zero attached hydrogens (tertiary/aromatic N) is 2. The molecule has 2 fully saturated rings. The SMILES string of the molecule is Cc1ccc2[nH]c(C3C4CCCCC43)nc2n1. The van der Waals surface area contributed by atoms with Crippen LogP contribution in [0.15, 0.2) is 12.1 Å². The highest BCUT2D eigenvalue weighted by Gasteiger charge is 2.52. The second kappa shape index (κ2) is 3.31. The van der Waals surface area contributed by atoms with Gasteiger partial charge in [0.15, 0.2) is 5.65 Å². The Morgan fingerprint density at radius 2 is 1.88 bits per heavy atom. The van der Waals surface area contributed by atoms with Crippen molar-refractivity contribution in [3.8, 4) is 0 Å². The Kier molecular flexibility index (Phi) is 1.88. The molecule has 3 heteroatoms. The van der Waals surface area contributed by atoms with E-state index in [0.29, 0.717) is 5.92 Å². The minimum Gasteiger partial charge on any atom is -0.340 e. The van der Waals surface area contributed by atoms with Crippen LogP contribution >= 0.6 is 0 Å². The number of hydrogen-bond donors (Lipinski definition) is 1. The molecular weight excluding hydrogens is 210 g/mol.